The maximum absolute atomic E-state index is 13.0. The summed E-state index contributed by atoms with van der Waals surface area (Å²) < 4.78 is 32.5. The van der Waals surface area contributed by atoms with Crippen LogP contribution in [0.3, 0.4) is 0 Å². The zero-order chi connectivity index (χ0) is 19.3. The van der Waals surface area contributed by atoms with E-state index in [9.17, 15) is 13.2 Å². The van der Waals surface area contributed by atoms with Gasteiger partial charge in [-0.25, -0.2) is 8.42 Å². The van der Waals surface area contributed by atoms with Crippen molar-refractivity contribution < 1.29 is 17.9 Å². The van der Waals surface area contributed by atoms with Crippen LogP contribution in [0.15, 0.2) is 52.3 Å². The van der Waals surface area contributed by atoms with Crippen molar-refractivity contribution in [3.8, 4) is 5.75 Å². The first-order chi connectivity index (χ1) is 12.3. The van der Waals surface area contributed by atoms with Gasteiger partial charge in [0.15, 0.2) is 0 Å². The second-order valence-corrected chi connectivity index (χ2v) is 8.55. The van der Waals surface area contributed by atoms with E-state index in [4.69, 9.17) is 4.74 Å². The van der Waals surface area contributed by atoms with E-state index in [-0.39, 0.29) is 23.1 Å². The van der Waals surface area contributed by atoms with E-state index in [1.54, 1.807) is 17.8 Å². The summed E-state index contributed by atoms with van der Waals surface area (Å²) in [4.78, 5) is 12.4. The van der Waals surface area contributed by atoms with Crippen molar-refractivity contribution in [2.24, 2.45) is 0 Å². The van der Waals surface area contributed by atoms with E-state index >= 15 is 0 Å². The number of thioether (sulfide) groups is 1. The van der Waals surface area contributed by atoms with Crippen LogP contribution in [0.25, 0.3) is 0 Å². The molecule has 1 amide bonds. The Kier molecular flexibility index (Phi) is 6.69. The summed E-state index contributed by atoms with van der Waals surface area (Å²) in [6.07, 6.45) is 1.99. The van der Waals surface area contributed by atoms with Crippen molar-refractivity contribution in [3.05, 3.63) is 48.0 Å². The number of ether oxygens (including phenoxy) is 1. The lowest BCUT2D eigenvalue weighted by Crippen LogP contribution is -2.27. The van der Waals surface area contributed by atoms with Crippen LogP contribution < -0.4 is 10.1 Å². The summed E-state index contributed by atoms with van der Waals surface area (Å²) in [5.41, 5.74) is 1.28. The van der Waals surface area contributed by atoms with Crippen molar-refractivity contribution >= 4 is 33.4 Å². The highest BCUT2D eigenvalue weighted by Gasteiger charge is 2.25. The Morgan fingerprint density at radius 2 is 1.85 bits per heavy atom. The van der Waals surface area contributed by atoms with Crippen LogP contribution in [0.4, 0.5) is 5.69 Å². The number of hydrogen-bond acceptors (Lipinski definition) is 5. The number of rotatable bonds is 7. The molecular formula is C18H22N2O4S2. The smallest absolute Gasteiger partial charge is 0.246 e. The molecule has 0 atom stereocenters. The molecule has 0 radical (unpaired) electrons. The Bertz CT molecular complexity index is 881. The number of anilines is 1. The third kappa shape index (κ3) is 4.78. The first-order valence-corrected chi connectivity index (χ1v) is 10.5. The average Bonchev–Trinajstić information content (AvgIpc) is 2.61. The zero-order valence-electron chi connectivity index (χ0n) is 15.1. The predicted molar refractivity (Wildman–Crippen MR) is 104 cm³/mol. The maximum Gasteiger partial charge on any atom is 0.246 e. The van der Waals surface area contributed by atoms with Gasteiger partial charge in [0.2, 0.25) is 15.9 Å². The topological polar surface area (TPSA) is 75.7 Å². The van der Waals surface area contributed by atoms with Crippen molar-refractivity contribution in [2.45, 2.75) is 23.3 Å². The monoisotopic (exact) mass is 394 g/mol. The Labute approximate surface area is 158 Å². The molecule has 2 aromatic rings. The van der Waals surface area contributed by atoms with Gasteiger partial charge in [0.25, 0.3) is 0 Å². The fourth-order valence-corrected chi connectivity index (χ4v) is 4.14. The number of nitrogens with one attached hydrogen (secondary N) is 1. The molecule has 0 heterocycles. The highest BCUT2D eigenvalue weighted by molar-refractivity contribution is 7.98. The van der Waals surface area contributed by atoms with Crippen molar-refractivity contribution in [1.29, 1.82) is 0 Å². The molecule has 0 saturated heterocycles. The first kappa shape index (κ1) is 20.3. The fraction of sp³-hybridized carbons (Fsp3) is 0.278. The first-order valence-electron chi connectivity index (χ1n) is 7.83. The summed E-state index contributed by atoms with van der Waals surface area (Å²) >= 11 is 1.63. The highest BCUT2D eigenvalue weighted by Crippen LogP contribution is 2.30. The maximum atomic E-state index is 13.0. The van der Waals surface area contributed by atoms with Gasteiger partial charge in [0, 0.05) is 31.1 Å². The van der Waals surface area contributed by atoms with Crippen LogP contribution in [0.5, 0.6) is 5.75 Å². The molecule has 0 aliphatic rings. The van der Waals surface area contributed by atoms with Gasteiger partial charge < -0.3 is 10.1 Å². The molecule has 0 saturated carbocycles. The number of methoxy groups -OCH3 is 1. The van der Waals surface area contributed by atoms with Gasteiger partial charge in [-0.3, -0.25) is 4.79 Å². The average molecular weight is 395 g/mol. The minimum Gasteiger partial charge on any atom is -0.495 e. The summed E-state index contributed by atoms with van der Waals surface area (Å²) in [6, 6.07) is 12.3. The number of sulfonamides is 1. The Morgan fingerprint density at radius 1 is 1.19 bits per heavy atom. The van der Waals surface area contributed by atoms with Crippen LogP contribution >= 0.6 is 11.8 Å². The molecule has 0 fully saturated rings. The minimum atomic E-state index is -3.80. The molecular weight excluding hydrogens is 372 g/mol. The quantitative estimate of drug-likeness (QED) is 0.730. The van der Waals surface area contributed by atoms with E-state index in [0.29, 0.717) is 5.69 Å². The standard InChI is InChI=1S/C18H22N2O4S2/c1-13(21)19-15-7-10-17(24-3)18(11-15)26(22,23)20(2)12-14-5-8-16(25-4)9-6-14/h5-11H,12H2,1-4H3,(H,19,21). The fourth-order valence-electron chi connectivity index (χ4n) is 2.40. The van der Waals surface area contributed by atoms with Gasteiger partial charge in [0.1, 0.15) is 10.6 Å². The largest absolute Gasteiger partial charge is 0.495 e. The Morgan fingerprint density at radius 3 is 2.38 bits per heavy atom. The molecule has 0 spiro atoms. The molecule has 0 unspecified atom stereocenters. The van der Waals surface area contributed by atoms with Gasteiger partial charge in [-0.05, 0) is 42.2 Å². The number of hydrogen-bond donors (Lipinski definition) is 1. The van der Waals surface area contributed by atoms with E-state index < -0.39 is 10.0 Å². The summed E-state index contributed by atoms with van der Waals surface area (Å²) in [6.45, 7) is 1.59. The van der Waals surface area contributed by atoms with Crippen LogP contribution in [-0.2, 0) is 21.4 Å². The van der Waals surface area contributed by atoms with Gasteiger partial charge in [-0.15, -0.1) is 11.8 Å². The van der Waals surface area contributed by atoms with Crippen molar-refractivity contribution in [1.82, 2.24) is 4.31 Å². The normalized spacial score (nSPS) is 11.4. The number of nitrogens with zero attached hydrogens (tertiary/aromatic N) is 1. The molecule has 140 valence electrons. The second kappa shape index (κ2) is 8.57. The third-order valence-corrected chi connectivity index (χ3v) is 6.30. The lowest BCUT2D eigenvalue weighted by atomic mass is 10.2. The van der Waals surface area contributed by atoms with Crippen LogP contribution in [-0.4, -0.2) is 39.0 Å². The van der Waals surface area contributed by atoms with Gasteiger partial charge in [0.05, 0.1) is 7.11 Å². The molecule has 0 aliphatic carbocycles. The Hall–Kier alpha value is -2.03. The van der Waals surface area contributed by atoms with Crippen molar-refractivity contribution in [3.63, 3.8) is 0 Å². The number of carbonyl (C=O) groups is 1. The number of amides is 1. The summed E-state index contributed by atoms with van der Waals surface area (Å²) in [5.74, 6) is -0.0514. The van der Waals surface area contributed by atoms with E-state index in [0.717, 1.165) is 10.5 Å². The Balaban J connectivity index is 2.33. The van der Waals surface area contributed by atoms with Crippen LogP contribution in [0.2, 0.25) is 0 Å². The number of benzene rings is 2. The lowest BCUT2D eigenvalue weighted by molar-refractivity contribution is -0.114. The van der Waals surface area contributed by atoms with Gasteiger partial charge in [-0.2, -0.15) is 4.31 Å². The zero-order valence-corrected chi connectivity index (χ0v) is 16.8. The number of carbonyl (C=O) groups excluding carboxylic acids is 1. The SMILES string of the molecule is COc1ccc(NC(C)=O)cc1S(=O)(=O)N(C)Cc1ccc(SC)cc1. The molecule has 1 N–H and O–H groups in total. The van der Waals surface area contributed by atoms with Crippen LogP contribution in [0.1, 0.15) is 12.5 Å². The van der Waals surface area contributed by atoms with E-state index in [1.807, 2.05) is 30.5 Å². The predicted octanol–water partition coefficient (Wildman–Crippen LogP) is 3.20. The molecule has 2 rings (SSSR count). The molecule has 26 heavy (non-hydrogen) atoms. The van der Waals surface area contributed by atoms with Gasteiger partial charge in [-0.1, -0.05) is 12.1 Å². The van der Waals surface area contributed by atoms with Crippen molar-refractivity contribution in [2.75, 3.05) is 25.7 Å². The molecule has 0 aliphatic heterocycles. The third-order valence-electron chi connectivity index (χ3n) is 3.74. The van der Waals surface area contributed by atoms with Gasteiger partial charge >= 0.3 is 0 Å². The second-order valence-electron chi connectivity index (χ2n) is 5.66. The van der Waals surface area contributed by atoms with Crippen LogP contribution in [0, 0.1) is 0 Å². The summed E-state index contributed by atoms with van der Waals surface area (Å²) in [7, 11) is -0.876. The minimum absolute atomic E-state index is 0.00878. The molecule has 0 bridgehead atoms. The molecule has 0 aromatic heterocycles. The summed E-state index contributed by atoms with van der Waals surface area (Å²) in [5, 5.41) is 2.59. The molecule has 8 heteroatoms. The highest BCUT2D eigenvalue weighted by atomic mass is 32.2. The molecule has 6 nitrogen and oxygen atoms in total. The lowest BCUT2D eigenvalue weighted by Gasteiger charge is -2.20. The van der Waals surface area contributed by atoms with E-state index in [2.05, 4.69) is 5.32 Å². The van der Waals surface area contributed by atoms with E-state index in [1.165, 1.54) is 37.5 Å². The molecule has 2 aromatic carbocycles.